The van der Waals surface area contributed by atoms with Crippen LogP contribution in [0.1, 0.15) is 25.3 Å². The molecule has 0 heterocycles. The highest BCUT2D eigenvalue weighted by molar-refractivity contribution is 9.10. The van der Waals surface area contributed by atoms with Gasteiger partial charge in [-0.3, -0.25) is 0 Å². The molecule has 0 N–H and O–H groups in total. The molecular formula is C15H12BrCl2. The van der Waals surface area contributed by atoms with Crippen molar-refractivity contribution in [3.8, 4) is 11.1 Å². The molecule has 0 nitrogen and oxygen atoms in total. The highest BCUT2D eigenvalue weighted by atomic mass is 79.9. The van der Waals surface area contributed by atoms with Crippen molar-refractivity contribution in [1.82, 2.24) is 0 Å². The Morgan fingerprint density at radius 1 is 1.11 bits per heavy atom. The first-order valence-electron chi connectivity index (χ1n) is 5.65. The summed E-state index contributed by atoms with van der Waals surface area (Å²) in [6, 6.07) is 12.8. The predicted octanol–water partition coefficient (Wildman–Crippen LogP) is 6.35. The van der Waals surface area contributed by atoms with Crippen LogP contribution in [0.25, 0.3) is 11.1 Å². The second-order valence-electron chi connectivity index (χ2n) is 4.43. The van der Waals surface area contributed by atoms with E-state index in [0.717, 1.165) is 15.6 Å². The van der Waals surface area contributed by atoms with Gasteiger partial charge in [0.1, 0.15) is 0 Å². The van der Waals surface area contributed by atoms with Crippen LogP contribution in [0.2, 0.25) is 10.0 Å². The maximum atomic E-state index is 6.04. The molecule has 2 rings (SSSR count). The van der Waals surface area contributed by atoms with Gasteiger partial charge in [0, 0.05) is 20.1 Å². The van der Waals surface area contributed by atoms with E-state index in [9.17, 15) is 0 Å². The van der Waals surface area contributed by atoms with Gasteiger partial charge >= 0.3 is 0 Å². The average Bonchev–Trinajstić information content (AvgIpc) is 2.27. The van der Waals surface area contributed by atoms with Crippen molar-refractivity contribution in [2.24, 2.45) is 0 Å². The van der Waals surface area contributed by atoms with Crippen LogP contribution in [0.15, 0.2) is 34.8 Å². The largest absolute Gasteiger partial charge is 0.0843 e. The zero-order valence-electron chi connectivity index (χ0n) is 10.1. The average molecular weight is 343 g/mol. The molecule has 0 saturated heterocycles. The molecule has 93 valence electrons. The third-order valence-electron chi connectivity index (χ3n) is 2.74. The maximum absolute atomic E-state index is 6.04. The van der Waals surface area contributed by atoms with Crippen LogP contribution in [-0.4, -0.2) is 0 Å². The highest BCUT2D eigenvalue weighted by Crippen LogP contribution is 2.36. The van der Waals surface area contributed by atoms with Crippen LogP contribution < -0.4 is 0 Å². The van der Waals surface area contributed by atoms with Gasteiger partial charge in [-0.1, -0.05) is 49.2 Å². The van der Waals surface area contributed by atoms with Crippen molar-refractivity contribution in [2.45, 2.75) is 19.8 Å². The minimum Gasteiger partial charge on any atom is -0.0843 e. The van der Waals surface area contributed by atoms with E-state index in [1.807, 2.05) is 18.2 Å². The number of halogens is 3. The third-order valence-corrected chi connectivity index (χ3v) is 4.03. The van der Waals surface area contributed by atoms with E-state index in [1.54, 1.807) is 6.07 Å². The monoisotopic (exact) mass is 341 g/mol. The van der Waals surface area contributed by atoms with Crippen LogP contribution in [0.5, 0.6) is 0 Å². The summed E-state index contributed by atoms with van der Waals surface area (Å²) in [7, 11) is 0. The quantitative estimate of drug-likeness (QED) is 0.596. The molecule has 2 aromatic rings. The molecule has 0 fully saturated rings. The lowest BCUT2D eigenvalue weighted by atomic mass is 9.97. The second-order valence-corrected chi connectivity index (χ2v) is 6.10. The van der Waals surface area contributed by atoms with E-state index in [2.05, 4.69) is 41.9 Å². The van der Waals surface area contributed by atoms with Gasteiger partial charge in [0.15, 0.2) is 0 Å². The van der Waals surface area contributed by atoms with E-state index >= 15 is 0 Å². The topological polar surface area (TPSA) is 0 Å². The molecule has 1 radical (unpaired) electrons. The standard InChI is InChI=1S/C15H12BrCl2/c1-9(2)13-4-3-5-14(15(13)16)10-6-11(17)8-12(18)7-10/h3-4,6-9H,1-2H3. The summed E-state index contributed by atoms with van der Waals surface area (Å²) in [6.07, 6.45) is 0. The van der Waals surface area contributed by atoms with Gasteiger partial charge in [0.05, 0.1) is 0 Å². The van der Waals surface area contributed by atoms with E-state index in [1.165, 1.54) is 5.56 Å². The first kappa shape index (κ1) is 13.9. The first-order valence-corrected chi connectivity index (χ1v) is 7.20. The molecule has 0 aliphatic rings. The number of hydrogen-bond donors (Lipinski definition) is 0. The van der Waals surface area contributed by atoms with Crippen molar-refractivity contribution in [1.29, 1.82) is 0 Å². The number of benzene rings is 2. The lowest BCUT2D eigenvalue weighted by Gasteiger charge is -2.13. The van der Waals surface area contributed by atoms with Crippen LogP contribution in [0, 0.1) is 6.07 Å². The SMILES string of the molecule is CC(C)c1cc[c]c(-c2cc(Cl)cc(Cl)c2)c1Br. The molecule has 0 bridgehead atoms. The van der Waals surface area contributed by atoms with Crippen molar-refractivity contribution in [3.05, 3.63) is 56.5 Å². The molecule has 18 heavy (non-hydrogen) atoms. The molecule has 3 heteroatoms. The van der Waals surface area contributed by atoms with Crippen molar-refractivity contribution < 1.29 is 0 Å². The summed E-state index contributed by atoms with van der Waals surface area (Å²) in [5.74, 6) is 0.447. The van der Waals surface area contributed by atoms with Crippen LogP contribution in [0.4, 0.5) is 0 Å². The molecule has 0 aliphatic heterocycles. The van der Waals surface area contributed by atoms with Crippen molar-refractivity contribution >= 4 is 39.1 Å². The Balaban J connectivity index is 2.60. The predicted molar refractivity (Wildman–Crippen MR) is 82.5 cm³/mol. The molecule has 0 spiro atoms. The number of hydrogen-bond acceptors (Lipinski definition) is 0. The second kappa shape index (κ2) is 5.64. The molecule has 2 aromatic carbocycles. The van der Waals surface area contributed by atoms with Crippen LogP contribution in [-0.2, 0) is 0 Å². The van der Waals surface area contributed by atoms with Crippen molar-refractivity contribution in [2.75, 3.05) is 0 Å². The summed E-state index contributed by atoms with van der Waals surface area (Å²) in [5, 5.41) is 1.26. The van der Waals surface area contributed by atoms with E-state index in [0.29, 0.717) is 16.0 Å². The summed E-state index contributed by atoms with van der Waals surface area (Å²) in [6.45, 7) is 4.32. The molecule has 0 saturated carbocycles. The minimum atomic E-state index is 0.447. The summed E-state index contributed by atoms with van der Waals surface area (Å²) in [5.41, 5.74) is 3.22. The third kappa shape index (κ3) is 2.90. The van der Waals surface area contributed by atoms with E-state index < -0.39 is 0 Å². The molecule has 0 unspecified atom stereocenters. The Labute approximate surface area is 126 Å². The van der Waals surface area contributed by atoms with E-state index in [-0.39, 0.29) is 0 Å². The molecule has 0 amide bonds. The van der Waals surface area contributed by atoms with Crippen LogP contribution in [0.3, 0.4) is 0 Å². The Morgan fingerprint density at radius 3 is 2.28 bits per heavy atom. The van der Waals surface area contributed by atoms with Gasteiger partial charge < -0.3 is 0 Å². The molecule has 0 atom stereocenters. The number of rotatable bonds is 2. The lowest BCUT2D eigenvalue weighted by molar-refractivity contribution is 0.861. The van der Waals surface area contributed by atoms with Gasteiger partial charge in [-0.25, -0.2) is 0 Å². The minimum absolute atomic E-state index is 0.447. The maximum Gasteiger partial charge on any atom is 0.0426 e. The fraction of sp³-hybridized carbons (Fsp3) is 0.200. The zero-order valence-corrected chi connectivity index (χ0v) is 13.2. The van der Waals surface area contributed by atoms with Gasteiger partial charge in [0.2, 0.25) is 0 Å². The van der Waals surface area contributed by atoms with Gasteiger partial charge in [-0.05, 0) is 57.2 Å². The Hall–Kier alpha value is -0.500. The van der Waals surface area contributed by atoms with Crippen molar-refractivity contribution in [3.63, 3.8) is 0 Å². The zero-order chi connectivity index (χ0) is 13.3. The first-order chi connectivity index (χ1) is 8.49. The Bertz CT molecular complexity index is 556. The van der Waals surface area contributed by atoms with Crippen LogP contribution >= 0.6 is 39.1 Å². The summed E-state index contributed by atoms with van der Waals surface area (Å²) in [4.78, 5) is 0. The highest BCUT2D eigenvalue weighted by Gasteiger charge is 2.11. The molecule has 0 aliphatic carbocycles. The fourth-order valence-corrected chi connectivity index (χ4v) is 3.31. The smallest absolute Gasteiger partial charge is 0.0426 e. The van der Waals surface area contributed by atoms with Gasteiger partial charge in [-0.2, -0.15) is 0 Å². The summed E-state index contributed by atoms with van der Waals surface area (Å²) >= 11 is 15.7. The Kier molecular flexibility index (Phi) is 4.37. The van der Waals surface area contributed by atoms with Gasteiger partial charge in [0.25, 0.3) is 0 Å². The lowest BCUT2D eigenvalue weighted by Crippen LogP contribution is -1.91. The normalized spacial score (nSPS) is 11.0. The summed E-state index contributed by atoms with van der Waals surface area (Å²) < 4.78 is 1.05. The van der Waals surface area contributed by atoms with Gasteiger partial charge in [-0.15, -0.1) is 0 Å². The van der Waals surface area contributed by atoms with E-state index in [4.69, 9.17) is 23.2 Å². The fourth-order valence-electron chi connectivity index (χ4n) is 1.85. The Morgan fingerprint density at radius 2 is 1.72 bits per heavy atom. The molecular weight excluding hydrogens is 331 g/mol. The molecule has 0 aromatic heterocycles.